The second-order valence-electron chi connectivity index (χ2n) is 2.37. The number of hydrogen-bond donors (Lipinski definition) is 4. The van der Waals surface area contributed by atoms with E-state index in [1.807, 2.05) is 0 Å². The minimum atomic E-state index is -0.679. The van der Waals surface area contributed by atoms with Gasteiger partial charge in [0.2, 0.25) is 0 Å². The fourth-order valence-electron chi connectivity index (χ4n) is 0.695. The lowest BCUT2D eigenvalue weighted by Gasteiger charge is -2.13. The zero-order chi connectivity index (χ0) is 8.85. The molecule has 5 heteroatoms. The van der Waals surface area contributed by atoms with Crippen LogP contribution in [0.2, 0.25) is 0 Å². The third-order valence-electron chi connectivity index (χ3n) is 1.33. The molecule has 0 aliphatic carbocycles. The molecular weight excluding hydrogens is 146 g/mol. The summed E-state index contributed by atoms with van der Waals surface area (Å²) in [6.07, 6.45) is -0.389. The van der Waals surface area contributed by atoms with E-state index in [9.17, 15) is 5.11 Å². The molecule has 2 atom stereocenters. The highest BCUT2D eigenvalue weighted by molar-refractivity contribution is 5.75. The van der Waals surface area contributed by atoms with Crippen LogP contribution in [-0.2, 0) is 0 Å². The SMILES string of the molecule is CC(N=C(N)N)C(O)CCO. The summed E-state index contributed by atoms with van der Waals surface area (Å²) < 4.78 is 0. The molecule has 11 heavy (non-hydrogen) atoms. The number of nitrogens with zero attached hydrogens (tertiary/aromatic N) is 1. The molecule has 5 nitrogen and oxygen atoms in total. The van der Waals surface area contributed by atoms with Gasteiger partial charge >= 0.3 is 0 Å². The highest BCUT2D eigenvalue weighted by atomic mass is 16.3. The molecule has 0 amide bonds. The Morgan fingerprint density at radius 2 is 2.09 bits per heavy atom. The molecule has 0 saturated carbocycles. The first-order valence-corrected chi connectivity index (χ1v) is 3.45. The smallest absolute Gasteiger partial charge is 0.186 e. The van der Waals surface area contributed by atoms with Crippen molar-refractivity contribution in [1.82, 2.24) is 0 Å². The maximum Gasteiger partial charge on any atom is 0.186 e. The van der Waals surface area contributed by atoms with Crippen LogP contribution in [0.1, 0.15) is 13.3 Å². The van der Waals surface area contributed by atoms with Gasteiger partial charge in [-0.3, -0.25) is 0 Å². The number of guanidine groups is 1. The van der Waals surface area contributed by atoms with Crippen LogP contribution in [-0.4, -0.2) is 34.9 Å². The highest BCUT2D eigenvalue weighted by Gasteiger charge is 2.11. The summed E-state index contributed by atoms with van der Waals surface area (Å²) in [6.45, 7) is 1.62. The molecule has 0 aliphatic rings. The summed E-state index contributed by atoms with van der Waals surface area (Å²) in [6, 6.07) is -0.354. The summed E-state index contributed by atoms with van der Waals surface area (Å²) in [5.74, 6) is -0.0468. The first kappa shape index (κ1) is 10.2. The molecule has 0 saturated heterocycles. The van der Waals surface area contributed by atoms with Crippen molar-refractivity contribution in [2.24, 2.45) is 16.5 Å². The standard InChI is InChI=1S/C6H15N3O2/c1-4(9-6(7)8)5(11)2-3-10/h4-5,10-11H,2-3H2,1H3,(H4,7,8,9). The van der Waals surface area contributed by atoms with E-state index < -0.39 is 6.10 Å². The Morgan fingerprint density at radius 3 is 2.45 bits per heavy atom. The molecule has 0 bridgehead atoms. The highest BCUT2D eigenvalue weighted by Crippen LogP contribution is 2.01. The van der Waals surface area contributed by atoms with Crippen molar-refractivity contribution in [3.63, 3.8) is 0 Å². The number of aliphatic imine (C=N–C) groups is 1. The Hall–Kier alpha value is -0.810. The predicted molar refractivity (Wildman–Crippen MR) is 43.0 cm³/mol. The van der Waals surface area contributed by atoms with Gasteiger partial charge in [0.1, 0.15) is 0 Å². The molecule has 0 rings (SSSR count). The molecule has 0 aromatic heterocycles. The molecule has 0 heterocycles. The zero-order valence-electron chi connectivity index (χ0n) is 6.57. The molecular formula is C6H15N3O2. The van der Waals surface area contributed by atoms with Crippen molar-refractivity contribution in [3.05, 3.63) is 0 Å². The lowest BCUT2D eigenvalue weighted by atomic mass is 10.1. The van der Waals surface area contributed by atoms with Gasteiger partial charge < -0.3 is 21.7 Å². The van der Waals surface area contributed by atoms with Gasteiger partial charge in [0.15, 0.2) is 5.96 Å². The van der Waals surface area contributed by atoms with Crippen LogP contribution >= 0.6 is 0 Å². The Morgan fingerprint density at radius 1 is 1.55 bits per heavy atom. The van der Waals surface area contributed by atoms with E-state index in [4.69, 9.17) is 16.6 Å². The van der Waals surface area contributed by atoms with Crippen molar-refractivity contribution in [3.8, 4) is 0 Å². The molecule has 0 spiro atoms. The molecule has 66 valence electrons. The zero-order valence-corrected chi connectivity index (χ0v) is 6.57. The van der Waals surface area contributed by atoms with E-state index in [0.717, 1.165) is 0 Å². The first-order valence-electron chi connectivity index (χ1n) is 3.45. The fourth-order valence-corrected chi connectivity index (χ4v) is 0.695. The number of nitrogens with two attached hydrogens (primary N) is 2. The first-order chi connectivity index (χ1) is 5.07. The van der Waals surface area contributed by atoms with Crippen LogP contribution in [0.5, 0.6) is 0 Å². The monoisotopic (exact) mass is 161 g/mol. The molecule has 0 fully saturated rings. The van der Waals surface area contributed by atoms with Gasteiger partial charge in [-0.05, 0) is 13.3 Å². The van der Waals surface area contributed by atoms with Crippen LogP contribution in [0.3, 0.4) is 0 Å². The van der Waals surface area contributed by atoms with Gasteiger partial charge in [-0.15, -0.1) is 0 Å². The van der Waals surface area contributed by atoms with Gasteiger partial charge in [0.25, 0.3) is 0 Å². The van der Waals surface area contributed by atoms with Crippen LogP contribution in [0.15, 0.2) is 4.99 Å². The topological polar surface area (TPSA) is 105 Å². The number of rotatable bonds is 4. The summed E-state index contributed by atoms with van der Waals surface area (Å²) in [5, 5.41) is 17.6. The van der Waals surface area contributed by atoms with Gasteiger partial charge in [-0.1, -0.05) is 0 Å². The van der Waals surface area contributed by atoms with E-state index in [1.54, 1.807) is 6.92 Å². The van der Waals surface area contributed by atoms with Gasteiger partial charge in [-0.25, -0.2) is 4.99 Å². The number of aliphatic hydroxyl groups is 2. The van der Waals surface area contributed by atoms with Crippen molar-refractivity contribution < 1.29 is 10.2 Å². The largest absolute Gasteiger partial charge is 0.396 e. The molecule has 6 N–H and O–H groups in total. The summed E-state index contributed by atoms with van der Waals surface area (Å²) in [4.78, 5) is 3.71. The third-order valence-corrected chi connectivity index (χ3v) is 1.33. The van der Waals surface area contributed by atoms with Gasteiger partial charge in [0, 0.05) is 6.61 Å². The lowest BCUT2D eigenvalue weighted by Crippen LogP contribution is -2.30. The van der Waals surface area contributed by atoms with E-state index in [2.05, 4.69) is 4.99 Å². The molecule has 0 aromatic carbocycles. The number of aliphatic hydroxyl groups excluding tert-OH is 2. The Kier molecular flexibility index (Phi) is 4.56. The van der Waals surface area contributed by atoms with Crippen molar-refractivity contribution >= 4 is 5.96 Å². The lowest BCUT2D eigenvalue weighted by molar-refractivity contribution is 0.115. The second kappa shape index (κ2) is 4.92. The molecule has 0 radical (unpaired) electrons. The molecule has 0 aromatic rings. The second-order valence-corrected chi connectivity index (χ2v) is 2.37. The van der Waals surface area contributed by atoms with Gasteiger partial charge in [0.05, 0.1) is 12.1 Å². The summed E-state index contributed by atoms with van der Waals surface area (Å²) in [7, 11) is 0. The van der Waals surface area contributed by atoms with E-state index in [-0.39, 0.29) is 25.0 Å². The summed E-state index contributed by atoms with van der Waals surface area (Å²) >= 11 is 0. The summed E-state index contributed by atoms with van der Waals surface area (Å²) in [5.41, 5.74) is 10.2. The maximum absolute atomic E-state index is 9.19. The van der Waals surface area contributed by atoms with Crippen molar-refractivity contribution in [2.45, 2.75) is 25.5 Å². The van der Waals surface area contributed by atoms with Crippen LogP contribution in [0.25, 0.3) is 0 Å². The minimum absolute atomic E-state index is 0.0468. The molecule has 0 aliphatic heterocycles. The third kappa shape index (κ3) is 4.58. The Balaban J connectivity index is 3.82. The van der Waals surface area contributed by atoms with Crippen LogP contribution in [0, 0.1) is 0 Å². The normalized spacial score (nSPS) is 15.5. The minimum Gasteiger partial charge on any atom is -0.396 e. The van der Waals surface area contributed by atoms with Crippen LogP contribution < -0.4 is 11.5 Å². The van der Waals surface area contributed by atoms with Crippen LogP contribution in [0.4, 0.5) is 0 Å². The average Bonchev–Trinajstić information content (AvgIpc) is 1.86. The van der Waals surface area contributed by atoms with Crippen molar-refractivity contribution in [2.75, 3.05) is 6.61 Å². The molecule has 2 unspecified atom stereocenters. The van der Waals surface area contributed by atoms with E-state index in [1.165, 1.54) is 0 Å². The van der Waals surface area contributed by atoms with E-state index >= 15 is 0 Å². The fraction of sp³-hybridized carbons (Fsp3) is 0.833. The van der Waals surface area contributed by atoms with E-state index in [0.29, 0.717) is 0 Å². The Labute approximate surface area is 65.7 Å². The number of hydrogen-bond acceptors (Lipinski definition) is 3. The quantitative estimate of drug-likeness (QED) is 0.294. The predicted octanol–water partition coefficient (Wildman–Crippen LogP) is -1.61. The maximum atomic E-state index is 9.19. The van der Waals surface area contributed by atoms with Gasteiger partial charge in [-0.2, -0.15) is 0 Å². The Bertz CT molecular complexity index is 134. The average molecular weight is 161 g/mol. The van der Waals surface area contributed by atoms with Crippen molar-refractivity contribution in [1.29, 1.82) is 0 Å².